The van der Waals surface area contributed by atoms with Gasteiger partial charge in [-0.2, -0.15) is 5.10 Å². The van der Waals surface area contributed by atoms with Gasteiger partial charge in [-0.3, -0.25) is 5.10 Å². The number of nitrogens with zero attached hydrogens (tertiary/aromatic N) is 3. The summed E-state index contributed by atoms with van der Waals surface area (Å²) in [6.07, 6.45) is 4.88. The third kappa shape index (κ3) is 2.04. The Bertz CT molecular complexity index is 753. The van der Waals surface area contributed by atoms with Crippen LogP contribution in [0.2, 0.25) is 0 Å². The number of H-pyrrole nitrogens is 2. The van der Waals surface area contributed by atoms with Gasteiger partial charge >= 0.3 is 0 Å². The molecule has 0 spiro atoms. The molecule has 2 aromatic heterocycles. The van der Waals surface area contributed by atoms with Gasteiger partial charge in [0.05, 0.1) is 11.7 Å². The lowest BCUT2D eigenvalue weighted by Crippen LogP contribution is -2.44. The zero-order valence-electron chi connectivity index (χ0n) is 11.5. The minimum Gasteiger partial charge on any atom is -0.338 e. The molecule has 3 aromatic rings. The first-order valence-electron chi connectivity index (χ1n) is 7.07. The van der Waals surface area contributed by atoms with E-state index < -0.39 is 0 Å². The van der Waals surface area contributed by atoms with Gasteiger partial charge in [0.15, 0.2) is 11.6 Å². The summed E-state index contributed by atoms with van der Waals surface area (Å²) in [6, 6.07) is 9.86. The van der Waals surface area contributed by atoms with Crippen molar-refractivity contribution in [3.63, 3.8) is 0 Å². The Morgan fingerprint density at radius 3 is 2.67 bits per heavy atom. The fourth-order valence-corrected chi connectivity index (χ4v) is 2.59. The van der Waals surface area contributed by atoms with E-state index in [0.717, 1.165) is 36.3 Å². The lowest BCUT2D eigenvalue weighted by atomic mass is 9.77. The molecule has 0 amide bonds. The molecule has 4 N–H and O–H groups in total. The summed E-state index contributed by atoms with van der Waals surface area (Å²) < 4.78 is 0. The minimum atomic E-state index is -0.291. The third-order valence-corrected chi connectivity index (χ3v) is 4.07. The lowest BCUT2D eigenvalue weighted by molar-refractivity contribution is 0.240. The van der Waals surface area contributed by atoms with Crippen LogP contribution in [-0.2, 0) is 5.54 Å². The van der Waals surface area contributed by atoms with Gasteiger partial charge in [0.2, 0.25) is 0 Å². The Kier molecular flexibility index (Phi) is 2.65. The molecule has 0 bridgehead atoms. The van der Waals surface area contributed by atoms with E-state index >= 15 is 0 Å². The number of nitrogens with one attached hydrogen (secondary N) is 2. The van der Waals surface area contributed by atoms with Crippen molar-refractivity contribution in [2.45, 2.75) is 24.8 Å². The molecular formula is C15H16N6. The molecule has 4 rings (SSSR count). The minimum absolute atomic E-state index is 0.291. The van der Waals surface area contributed by atoms with Crippen molar-refractivity contribution in [2.75, 3.05) is 0 Å². The first-order valence-corrected chi connectivity index (χ1v) is 7.07. The van der Waals surface area contributed by atoms with Gasteiger partial charge in [-0.25, -0.2) is 9.97 Å². The first kappa shape index (κ1) is 12.3. The second-order valence-electron chi connectivity index (χ2n) is 5.53. The molecule has 1 aliphatic rings. The summed E-state index contributed by atoms with van der Waals surface area (Å²) in [5, 5.41) is 7.20. The average molecular weight is 280 g/mol. The second-order valence-corrected chi connectivity index (χ2v) is 5.53. The number of aromatic nitrogens is 5. The Balaban J connectivity index is 1.64. The van der Waals surface area contributed by atoms with E-state index in [1.54, 1.807) is 6.20 Å². The molecule has 1 fully saturated rings. The van der Waals surface area contributed by atoms with Gasteiger partial charge in [-0.15, -0.1) is 0 Å². The van der Waals surface area contributed by atoms with Crippen LogP contribution in [0.25, 0.3) is 22.9 Å². The van der Waals surface area contributed by atoms with Crippen LogP contribution < -0.4 is 5.73 Å². The molecule has 2 heterocycles. The standard InChI is InChI=1S/C15H16N6/c16-15(7-4-8-15)14-17-9-11(18-14)13-19-12(20-21-13)10-5-2-1-3-6-10/h1-3,5-6,9H,4,7-8,16H2,(H,17,18)(H,19,20,21). The van der Waals surface area contributed by atoms with Crippen molar-refractivity contribution in [2.24, 2.45) is 5.73 Å². The van der Waals surface area contributed by atoms with Gasteiger partial charge in [0.25, 0.3) is 0 Å². The maximum atomic E-state index is 6.27. The van der Waals surface area contributed by atoms with E-state index in [9.17, 15) is 0 Å². The SMILES string of the molecule is NC1(c2ncc(-c3nc(-c4ccccc4)n[nH]3)[nH]2)CCC1. The van der Waals surface area contributed by atoms with Crippen LogP contribution in [0.5, 0.6) is 0 Å². The molecule has 1 aromatic carbocycles. The molecule has 21 heavy (non-hydrogen) atoms. The molecule has 0 radical (unpaired) electrons. The molecular weight excluding hydrogens is 264 g/mol. The summed E-state index contributed by atoms with van der Waals surface area (Å²) in [5.41, 5.74) is 7.78. The van der Waals surface area contributed by atoms with Crippen LogP contribution in [0.1, 0.15) is 25.1 Å². The fraction of sp³-hybridized carbons (Fsp3) is 0.267. The van der Waals surface area contributed by atoms with Crippen molar-refractivity contribution < 1.29 is 0 Å². The number of imidazole rings is 1. The Labute approximate surface area is 121 Å². The van der Waals surface area contributed by atoms with Gasteiger partial charge < -0.3 is 10.7 Å². The highest BCUT2D eigenvalue weighted by Gasteiger charge is 2.37. The predicted molar refractivity (Wildman–Crippen MR) is 79.1 cm³/mol. The molecule has 1 saturated carbocycles. The molecule has 0 aliphatic heterocycles. The Morgan fingerprint density at radius 1 is 1.14 bits per heavy atom. The van der Waals surface area contributed by atoms with E-state index in [2.05, 4.69) is 25.1 Å². The van der Waals surface area contributed by atoms with Crippen LogP contribution in [0.4, 0.5) is 0 Å². The number of aromatic amines is 2. The summed E-state index contributed by atoms with van der Waals surface area (Å²) in [6.45, 7) is 0. The highest BCUT2D eigenvalue weighted by Crippen LogP contribution is 2.37. The Morgan fingerprint density at radius 2 is 1.95 bits per heavy atom. The number of nitrogens with two attached hydrogens (primary N) is 1. The van der Waals surface area contributed by atoms with E-state index in [4.69, 9.17) is 5.73 Å². The lowest BCUT2D eigenvalue weighted by Gasteiger charge is -2.35. The largest absolute Gasteiger partial charge is 0.338 e. The van der Waals surface area contributed by atoms with Crippen LogP contribution >= 0.6 is 0 Å². The zero-order valence-corrected chi connectivity index (χ0v) is 11.5. The highest BCUT2D eigenvalue weighted by molar-refractivity contribution is 5.58. The Hall–Kier alpha value is -2.47. The van der Waals surface area contributed by atoms with E-state index in [0.29, 0.717) is 11.6 Å². The molecule has 0 unspecified atom stereocenters. The van der Waals surface area contributed by atoms with Crippen molar-refractivity contribution >= 4 is 0 Å². The van der Waals surface area contributed by atoms with Gasteiger partial charge in [-0.05, 0) is 19.3 Å². The summed E-state index contributed by atoms with van der Waals surface area (Å²) in [7, 11) is 0. The molecule has 0 atom stereocenters. The molecule has 1 aliphatic carbocycles. The fourth-order valence-electron chi connectivity index (χ4n) is 2.59. The van der Waals surface area contributed by atoms with Gasteiger partial charge in [-0.1, -0.05) is 30.3 Å². The number of rotatable bonds is 3. The van der Waals surface area contributed by atoms with E-state index in [-0.39, 0.29) is 5.54 Å². The quantitative estimate of drug-likeness (QED) is 0.685. The molecule has 6 nitrogen and oxygen atoms in total. The van der Waals surface area contributed by atoms with Crippen LogP contribution in [-0.4, -0.2) is 25.1 Å². The molecule has 106 valence electrons. The number of hydrogen-bond acceptors (Lipinski definition) is 4. The van der Waals surface area contributed by atoms with E-state index in [1.165, 1.54) is 0 Å². The van der Waals surface area contributed by atoms with Crippen molar-refractivity contribution in [3.8, 4) is 22.9 Å². The summed E-state index contributed by atoms with van der Waals surface area (Å²) in [4.78, 5) is 12.2. The second kappa shape index (κ2) is 4.53. The van der Waals surface area contributed by atoms with Crippen molar-refractivity contribution in [1.82, 2.24) is 25.1 Å². The maximum absolute atomic E-state index is 6.27. The van der Waals surface area contributed by atoms with Crippen LogP contribution in [0.3, 0.4) is 0 Å². The predicted octanol–water partition coefficient (Wildman–Crippen LogP) is 2.20. The van der Waals surface area contributed by atoms with Crippen molar-refractivity contribution in [1.29, 1.82) is 0 Å². The topological polar surface area (TPSA) is 96.3 Å². The van der Waals surface area contributed by atoms with Crippen molar-refractivity contribution in [3.05, 3.63) is 42.4 Å². The molecule has 6 heteroatoms. The molecule has 0 saturated heterocycles. The van der Waals surface area contributed by atoms with Gasteiger partial charge in [0.1, 0.15) is 11.5 Å². The smallest absolute Gasteiger partial charge is 0.181 e. The monoisotopic (exact) mass is 280 g/mol. The maximum Gasteiger partial charge on any atom is 0.181 e. The average Bonchev–Trinajstić information content (AvgIpc) is 3.14. The summed E-state index contributed by atoms with van der Waals surface area (Å²) >= 11 is 0. The summed E-state index contributed by atoms with van der Waals surface area (Å²) in [5.74, 6) is 2.18. The first-order chi connectivity index (χ1) is 10.2. The number of benzene rings is 1. The zero-order chi connectivity index (χ0) is 14.3. The van der Waals surface area contributed by atoms with Crippen LogP contribution in [0.15, 0.2) is 36.5 Å². The third-order valence-electron chi connectivity index (χ3n) is 4.07. The van der Waals surface area contributed by atoms with Gasteiger partial charge in [0, 0.05) is 5.56 Å². The van der Waals surface area contributed by atoms with E-state index in [1.807, 2.05) is 30.3 Å². The highest BCUT2D eigenvalue weighted by atomic mass is 15.2. The normalized spacial score (nSPS) is 16.6. The van der Waals surface area contributed by atoms with Crippen LogP contribution in [0, 0.1) is 0 Å². The number of hydrogen-bond donors (Lipinski definition) is 3.